The van der Waals surface area contributed by atoms with Gasteiger partial charge in [-0.3, -0.25) is 0 Å². The molecule has 0 bridgehead atoms. The van der Waals surface area contributed by atoms with Crippen molar-refractivity contribution >= 4 is 16.9 Å². The van der Waals surface area contributed by atoms with Crippen molar-refractivity contribution in [1.82, 2.24) is 4.90 Å². The summed E-state index contributed by atoms with van der Waals surface area (Å²) in [6.45, 7) is 0.823. The van der Waals surface area contributed by atoms with Gasteiger partial charge in [-0.1, -0.05) is 36.0 Å². The molecule has 4 nitrogen and oxygen atoms in total. The standard InChI is InChI=1S/C18H17FN2O2S/c1-23-15-8-2-12(3-9-15)16-18(22,13-4-6-14(19)7-5-13)20-17-21(16)10-11-24-17/h2-9,16,22H,10-11H2,1H3. The highest BCUT2D eigenvalue weighted by atomic mass is 32.2. The maximum atomic E-state index is 13.3. The van der Waals surface area contributed by atoms with Gasteiger partial charge in [-0.25, -0.2) is 9.38 Å². The average molecular weight is 344 g/mol. The van der Waals surface area contributed by atoms with Crippen molar-refractivity contribution in [2.75, 3.05) is 19.4 Å². The summed E-state index contributed by atoms with van der Waals surface area (Å²) in [4.78, 5) is 6.71. The number of fused-ring (bicyclic) bond motifs is 1. The van der Waals surface area contributed by atoms with E-state index in [1.807, 2.05) is 24.3 Å². The maximum Gasteiger partial charge on any atom is 0.210 e. The van der Waals surface area contributed by atoms with Crippen molar-refractivity contribution in [3.63, 3.8) is 0 Å². The predicted molar refractivity (Wildman–Crippen MR) is 92.6 cm³/mol. The van der Waals surface area contributed by atoms with Gasteiger partial charge in [0.15, 0.2) is 5.17 Å². The summed E-state index contributed by atoms with van der Waals surface area (Å²) in [5, 5.41) is 12.2. The van der Waals surface area contributed by atoms with Crippen LogP contribution in [0.25, 0.3) is 0 Å². The maximum absolute atomic E-state index is 13.3. The van der Waals surface area contributed by atoms with Gasteiger partial charge < -0.3 is 14.7 Å². The first-order valence-corrected chi connectivity index (χ1v) is 8.72. The van der Waals surface area contributed by atoms with Crippen LogP contribution in [-0.4, -0.2) is 34.6 Å². The summed E-state index contributed by atoms with van der Waals surface area (Å²) in [5.74, 6) is 1.38. The van der Waals surface area contributed by atoms with Crippen LogP contribution in [0.4, 0.5) is 4.39 Å². The summed E-state index contributed by atoms with van der Waals surface area (Å²) in [6.07, 6.45) is 0. The summed E-state index contributed by atoms with van der Waals surface area (Å²) >= 11 is 1.64. The fourth-order valence-electron chi connectivity index (χ4n) is 3.29. The Morgan fingerprint density at radius 3 is 2.58 bits per heavy atom. The number of ether oxygens (including phenoxy) is 1. The van der Waals surface area contributed by atoms with Gasteiger partial charge >= 0.3 is 0 Å². The fraction of sp³-hybridized carbons (Fsp3) is 0.278. The number of halogens is 1. The van der Waals surface area contributed by atoms with E-state index in [1.54, 1.807) is 31.0 Å². The second-order valence-corrected chi connectivity index (χ2v) is 6.91. The Morgan fingerprint density at radius 1 is 1.21 bits per heavy atom. The molecule has 0 saturated carbocycles. The van der Waals surface area contributed by atoms with Crippen LogP contribution in [0.2, 0.25) is 0 Å². The molecule has 4 rings (SSSR count). The van der Waals surface area contributed by atoms with E-state index in [0.717, 1.165) is 28.8 Å². The largest absolute Gasteiger partial charge is 0.497 e. The molecule has 124 valence electrons. The van der Waals surface area contributed by atoms with E-state index >= 15 is 0 Å². The molecule has 1 saturated heterocycles. The molecular formula is C18H17FN2O2S. The Kier molecular flexibility index (Phi) is 3.73. The number of aliphatic hydroxyl groups is 1. The Bertz CT molecular complexity index is 779. The SMILES string of the molecule is COc1ccc(C2N3CCSC3=NC2(O)c2ccc(F)cc2)cc1. The minimum atomic E-state index is -1.43. The lowest BCUT2D eigenvalue weighted by Crippen LogP contribution is -2.37. The first-order valence-electron chi connectivity index (χ1n) is 7.73. The van der Waals surface area contributed by atoms with Crippen molar-refractivity contribution < 1.29 is 14.2 Å². The molecule has 2 aliphatic heterocycles. The van der Waals surface area contributed by atoms with E-state index < -0.39 is 5.72 Å². The van der Waals surface area contributed by atoms with Crippen LogP contribution in [-0.2, 0) is 5.72 Å². The van der Waals surface area contributed by atoms with Crippen LogP contribution in [0.3, 0.4) is 0 Å². The third-order valence-electron chi connectivity index (χ3n) is 4.47. The highest BCUT2D eigenvalue weighted by Gasteiger charge is 2.51. The smallest absolute Gasteiger partial charge is 0.210 e. The van der Waals surface area contributed by atoms with Crippen LogP contribution in [0.1, 0.15) is 17.2 Å². The Morgan fingerprint density at radius 2 is 1.92 bits per heavy atom. The molecule has 24 heavy (non-hydrogen) atoms. The first-order chi connectivity index (χ1) is 11.6. The van der Waals surface area contributed by atoms with Gasteiger partial charge in [0.1, 0.15) is 17.6 Å². The van der Waals surface area contributed by atoms with Gasteiger partial charge in [0.25, 0.3) is 0 Å². The van der Waals surface area contributed by atoms with Crippen LogP contribution in [0.15, 0.2) is 53.5 Å². The number of rotatable bonds is 3. The number of hydrogen-bond donors (Lipinski definition) is 1. The van der Waals surface area contributed by atoms with Crippen LogP contribution < -0.4 is 4.74 Å². The Labute approximate surface area is 144 Å². The molecule has 2 heterocycles. The van der Waals surface area contributed by atoms with E-state index in [4.69, 9.17) is 4.74 Å². The quantitative estimate of drug-likeness (QED) is 0.929. The third-order valence-corrected chi connectivity index (χ3v) is 5.44. The molecule has 0 radical (unpaired) electrons. The molecule has 2 atom stereocenters. The summed E-state index contributed by atoms with van der Waals surface area (Å²) in [5.41, 5.74) is 0.112. The molecule has 1 N–H and O–H groups in total. The molecule has 2 aliphatic rings. The minimum absolute atomic E-state index is 0.330. The van der Waals surface area contributed by atoms with Gasteiger partial charge in [-0.05, 0) is 29.8 Å². The van der Waals surface area contributed by atoms with Gasteiger partial charge in [-0.2, -0.15) is 0 Å². The summed E-state index contributed by atoms with van der Waals surface area (Å²) in [6, 6.07) is 13.2. The lowest BCUT2D eigenvalue weighted by Gasteiger charge is -2.33. The fourth-order valence-corrected chi connectivity index (χ4v) is 4.33. The number of hydrogen-bond acceptors (Lipinski definition) is 5. The van der Waals surface area contributed by atoms with Gasteiger partial charge in [0.2, 0.25) is 5.72 Å². The van der Waals surface area contributed by atoms with E-state index in [-0.39, 0.29) is 11.9 Å². The predicted octanol–water partition coefficient (Wildman–Crippen LogP) is 3.14. The highest BCUT2D eigenvalue weighted by Crippen LogP contribution is 2.49. The van der Waals surface area contributed by atoms with Crippen molar-refractivity contribution in [2.45, 2.75) is 11.8 Å². The number of amidine groups is 1. The molecule has 1 fully saturated rings. The number of methoxy groups -OCH3 is 1. The van der Waals surface area contributed by atoms with Crippen molar-refractivity contribution in [3.8, 4) is 5.75 Å². The van der Waals surface area contributed by atoms with E-state index in [2.05, 4.69) is 9.89 Å². The van der Waals surface area contributed by atoms with E-state index in [1.165, 1.54) is 12.1 Å². The zero-order chi connectivity index (χ0) is 16.7. The van der Waals surface area contributed by atoms with E-state index in [9.17, 15) is 9.50 Å². The first kappa shape index (κ1) is 15.5. The molecule has 2 aromatic carbocycles. The van der Waals surface area contributed by atoms with Gasteiger partial charge in [0, 0.05) is 17.9 Å². The monoisotopic (exact) mass is 344 g/mol. The summed E-state index contributed by atoms with van der Waals surface area (Å²) in [7, 11) is 1.62. The molecule has 0 amide bonds. The number of benzene rings is 2. The van der Waals surface area contributed by atoms with Crippen LogP contribution >= 0.6 is 11.8 Å². The van der Waals surface area contributed by atoms with Crippen molar-refractivity contribution in [1.29, 1.82) is 0 Å². The normalized spacial score (nSPS) is 25.5. The van der Waals surface area contributed by atoms with Gasteiger partial charge in [0.05, 0.1) is 7.11 Å². The Balaban J connectivity index is 1.80. The lowest BCUT2D eigenvalue weighted by molar-refractivity contribution is -0.00600. The van der Waals surface area contributed by atoms with E-state index in [0.29, 0.717) is 5.56 Å². The molecule has 0 aromatic heterocycles. The second kappa shape index (κ2) is 5.79. The molecule has 2 unspecified atom stereocenters. The number of aliphatic imine (C=N–C) groups is 1. The molecular weight excluding hydrogens is 327 g/mol. The zero-order valence-electron chi connectivity index (χ0n) is 13.1. The summed E-state index contributed by atoms with van der Waals surface area (Å²) < 4.78 is 18.5. The molecule has 6 heteroatoms. The molecule has 2 aromatic rings. The van der Waals surface area contributed by atoms with Crippen LogP contribution in [0.5, 0.6) is 5.75 Å². The lowest BCUT2D eigenvalue weighted by atomic mass is 9.90. The average Bonchev–Trinajstić information content (AvgIpc) is 3.14. The molecule has 0 aliphatic carbocycles. The third kappa shape index (κ3) is 2.37. The second-order valence-electron chi connectivity index (χ2n) is 5.84. The number of thioether (sulfide) groups is 1. The van der Waals surface area contributed by atoms with Crippen molar-refractivity contribution in [2.24, 2.45) is 4.99 Å². The van der Waals surface area contributed by atoms with Crippen molar-refractivity contribution in [3.05, 3.63) is 65.5 Å². The molecule has 0 spiro atoms. The highest BCUT2D eigenvalue weighted by molar-refractivity contribution is 8.14. The number of nitrogens with zero attached hydrogens (tertiary/aromatic N) is 2. The zero-order valence-corrected chi connectivity index (χ0v) is 14.0. The van der Waals surface area contributed by atoms with Crippen LogP contribution in [0, 0.1) is 5.82 Å². The minimum Gasteiger partial charge on any atom is -0.497 e. The van der Waals surface area contributed by atoms with Gasteiger partial charge in [-0.15, -0.1) is 0 Å². The topological polar surface area (TPSA) is 45.1 Å². The Hall–Kier alpha value is -2.05.